The van der Waals surface area contributed by atoms with Crippen molar-refractivity contribution in [1.82, 2.24) is 9.88 Å². The number of carboxylic acids is 1. The van der Waals surface area contributed by atoms with Crippen LogP contribution in [0.25, 0.3) is 0 Å². The van der Waals surface area contributed by atoms with Crippen LogP contribution in [0.15, 0.2) is 0 Å². The lowest BCUT2D eigenvalue weighted by atomic mass is 10.2. The molecular weight excluding hydrogens is 268 g/mol. The van der Waals surface area contributed by atoms with Crippen molar-refractivity contribution in [2.75, 3.05) is 13.7 Å². The normalized spacial score (nSPS) is 10.8. The van der Waals surface area contributed by atoms with Gasteiger partial charge >= 0.3 is 5.97 Å². The van der Waals surface area contributed by atoms with Crippen molar-refractivity contribution >= 4 is 23.2 Å². The molecule has 7 heteroatoms. The van der Waals surface area contributed by atoms with Gasteiger partial charge in [0.2, 0.25) is 0 Å². The minimum Gasteiger partial charge on any atom is -0.480 e. The van der Waals surface area contributed by atoms with E-state index >= 15 is 0 Å². The van der Waals surface area contributed by atoms with Crippen LogP contribution in [-0.4, -0.2) is 46.6 Å². The number of carbonyl (C=O) groups is 2. The Morgan fingerprint density at radius 1 is 1.47 bits per heavy atom. The maximum absolute atomic E-state index is 12.4. The van der Waals surface area contributed by atoms with Crippen LogP contribution in [0.2, 0.25) is 0 Å². The number of aromatic nitrogens is 1. The van der Waals surface area contributed by atoms with Gasteiger partial charge in [-0.05, 0) is 20.8 Å². The van der Waals surface area contributed by atoms with Gasteiger partial charge in [-0.15, -0.1) is 11.3 Å². The number of carboxylic acid groups (broad SMARTS) is 1. The molecule has 0 radical (unpaired) electrons. The van der Waals surface area contributed by atoms with E-state index < -0.39 is 5.97 Å². The summed E-state index contributed by atoms with van der Waals surface area (Å²) < 4.78 is 4.98. The van der Waals surface area contributed by atoms with Gasteiger partial charge < -0.3 is 14.7 Å². The van der Waals surface area contributed by atoms with Crippen LogP contribution in [0.1, 0.15) is 34.2 Å². The first-order valence-electron chi connectivity index (χ1n) is 5.84. The second-order valence-corrected chi connectivity index (χ2v) is 5.46. The zero-order chi connectivity index (χ0) is 14.6. The van der Waals surface area contributed by atoms with E-state index in [4.69, 9.17) is 9.84 Å². The molecule has 0 bridgehead atoms. The number of aliphatic carboxylic acids is 1. The molecule has 1 rings (SSSR count). The summed E-state index contributed by atoms with van der Waals surface area (Å²) >= 11 is 1.24. The summed E-state index contributed by atoms with van der Waals surface area (Å²) in [7, 11) is 1.56. The smallest absolute Gasteiger partial charge is 0.323 e. The average molecular weight is 286 g/mol. The molecule has 0 saturated carbocycles. The maximum atomic E-state index is 12.4. The van der Waals surface area contributed by atoms with Gasteiger partial charge in [-0.25, -0.2) is 4.98 Å². The number of ether oxygens (including phenoxy) is 1. The summed E-state index contributed by atoms with van der Waals surface area (Å²) in [5.41, 5.74) is 0.609. The maximum Gasteiger partial charge on any atom is 0.323 e. The molecule has 0 unspecified atom stereocenters. The Morgan fingerprint density at radius 3 is 2.58 bits per heavy atom. The van der Waals surface area contributed by atoms with Gasteiger partial charge in [0.1, 0.15) is 16.4 Å². The molecule has 0 aromatic carbocycles. The molecule has 0 aliphatic carbocycles. The zero-order valence-corrected chi connectivity index (χ0v) is 12.3. The van der Waals surface area contributed by atoms with Crippen molar-refractivity contribution < 1.29 is 19.4 Å². The van der Waals surface area contributed by atoms with Crippen LogP contribution < -0.4 is 0 Å². The van der Waals surface area contributed by atoms with Crippen molar-refractivity contribution in [3.05, 3.63) is 15.6 Å². The Balaban J connectivity index is 2.99. The first-order chi connectivity index (χ1) is 8.86. The number of rotatable bonds is 6. The van der Waals surface area contributed by atoms with Gasteiger partial charge in [-0.2, -0.15) is 0 Å². The minimum atomic E-state index is -1.03. The van der Waals surface area contributed by atoms with E-state index in [9.17, 15) is 9.59 Å². The highest BCUT2D eigenvalue weighted by atomic mass is 32.1. The third-order valence-corrected chi connectivity index (χ3v) is 3.61. The molecule has 0 saturated heterocycles. The van der Waals surface area contributed by atoms with Crippen LogP contribution >= 0.6 is 11.3 Å². The van der Waals surface area contributed by atoms with Crippen molar-refractivity contribution in [3.63, 3.8) is 0 Å². The molecule has 0 spiro atoms. The van der Waals surface area contributed by atoms with Crippen molar-refractivity contribution in [3.8, 4) is 0 Å². The monoisotopic (exact) mass is 286 g/mol. The largest absolute Gasteiger partial charge is 0.480 e. The lowest BCUT2D eigenvalue weighted by Gasteiger charge is -2.24. The van der Waals surface area contributed by atoms with E-state index in [0.717, 1.165) is 0 Å². The zero-order valence-electron chi connectivity index (χ0n) is 11.5. The van der Waals surface area contributed by atoms with E-state index in [1.54, 1.807) is 27.9 Å². The molecule has 1 amide bonds. The number of aryl methyl sites for hydroxylation is 1. The number of amides is 1. The summed E-state index contributed by atoms with van der Waals surface area (Å²) in [6.45, 7) is 5.34. The SMILES string of the molecule is COCc1nc(C)c(C(=O)N(CC(=O)O)C(C)C)s1. The lowest BCUT2D eigenvalue weighted by Crippen LogP contribution is -2.40. The summed E-state index contributed by atoms with van der Waals surface area (Å²) in [5, 5.41) is 9.57. The lowest BCUT2D eigenvalue weighted by molar-refractivity contribution is -0.138. The quantitative estimate of drug-likeness (QED) is 0.858. The Hall–Kier alpha value is -1.47. The topological polar surface area (TPSA) is 79.7 Å². The highest BCUT2D eigenvalue weighted by Gasteiger charge is 2.25. The summed E-state index contributed by atoms with van der Waals surface area (Å²) in [6, 6.07) is -0.184. The molecule has 1 aromatic heterocycles. The predicted octanol–water partition coefficient (Wildman–Crippen LogP) is 1.53. The highest BCUT2D eigenvalue weighted by Crippen LogP contribution is 2.21. The van der Waals surface area contributed by atoms with Crippen molar-refractivity contribution in [2.45, 2.75) is 33.4 Å². The van der Waals surface area contributed by atoms with E-state index in [1.165, 1.54) is 16.2 Å². The molecule has 0 fully saturated rings. The summed E-state index contributed by atoms with van der Waals surface area (Å²) in [4.78, 5) is 29.2. The first-order valence-corrected chi connectivity index (χ1v) is 6.66. The van der Waals surface area contributed by atoms with Crippen LogP contribution in [0.5, 0.6) is 0 Å². The van der Waals surface area contributed by atoms with Crippen LogP contribution in [0.4, 0.5) is 0 Å². The summed E-state index contributed by atoms with van der Waals surface area (Å²) in [6.07, 6.45) is 0. The number of methoxy groups -OCH3 is 1. The van der Waals surface area contributed by atoms with Gasteiger partial charge in [0.25, 0.3) is 5.91 Å². The summed E-state index contributed by atoms with van der Waals surface area (Å²) in [5.74, 6) is -1.32. The van der Waals surface area contributed by atoms with Gasteiger partial charge in [0.05, 0.1) is 12.3 Å². The molecule has 19 heavy (non-hydrogen) atoms. The average Bonchev–Trinajstić information content (AvgIpc) is 2.66. The number of thiazole rings is 1. The van der Waals surface area contributed by atoms with E-state index in [2.05, 4.69) is 4.98 Å². The van der Waals surface area contributed by atoms with Gasteiger partial charge in [0.15, 0.2) is 0 Å². The van der Waals surface area contributed by atoms with Gasteiger partial charge in [-0.3, -0.25) is 9.59 Å². The van der Waals surface area contributed by atoms with Crippen molar-refractivity contribution in [1.29, 1.82) is 0 Å². The fraction of sp³-hybridized carbons (Fsp3) is 0.583. The third kappa shape index (κ3) is 4.00. The predicted molar refractivity (Wildman–Crippen MR) is 71.4 cm³/mol. The van der Waals surface area contributed by atoms with E-state index in [-0.39, 0.29) is 18.5 Å². The van der Waals surface area contributed by atoms with Crippen LogP contribution in [0.3, 0.4) is 0 Å². The number of nitrogens with zero attached hydrogens (tertiary/aromatic N) is 2. The fourth-order valence-electron chi connectivity index (χ4n) is 1.60. The van der Waals surface area contributed by atoms with Gasteiger partial charge in [-0.1, -0.05) is 0 Å². The van der Waals surface area contributed by atoms with E-state index in [1.807, 2.05) is 0 Å². The molecule has 0 aliphatic heterocycles. The second kappa shape index (κ2) is 6.63. The third-order valence-electron chi connectivity index (χ3n) is 2.49. The molecule has 106 valence electrons. The first kappa shape index (κ1) is 15.6. The fourth-order valence-corrected chi connectivity index (χ4v) is 2.59. The number of carbonyl (C=O) groups excluding carboxylic acids is 1. The Labute approximate surface area is 116 Å². The molecule has 1 heterocycles. The van der Waals surface area contributed by atoms with Gasteiger partial charge in [0, 0.05) is 13.2 Å². The standard InChI is InChI=1S/C12H18N2O4S/c1-7(2)14(5-10(15)16)12(17)11-8(3)13-9(19-11)6-18-4/h7H,5-6H2,1-4H3,(H,15,16). The molecular formula is C12H18N2O4S. The highest BCUT2D eigenvalue weighted by molar-refractivity contribution is 7.13. The Morgan fingerprint density at radius 2 is 2.11 bits per heavy atom. The van der Waals surface area contributed by atoms with Crippen LogP contribution in [-0.2, 0) is 16.1 Å². The minimum absolute atomic E-state index is 0.184. The number of hydrogen-bond acceptors (Lipinski definition) is 5. The Kier molecular flexibility index (Phi) is 5.44. The Bertz CT molecular complexity index is 470. The molecule has 0 aliphatic rings. The van der Waals surface area contributed by atoms with Crippen LogP contribution in [0, 0.1) is 6.92 Å². The van der Waals surface area contributed by atoms with Crippen molar-refractivity contribution in [2.24, 2.45) is 0 Å². The molecule has 0 atom stereocenters. The number of hydrogen-bond donors (Lipinski definition) is 1. The van der Waals surface area contributed by atoms with E-state index in [0.29, 0.717) is 22.2 Å². The molecule has 6 nitrogen and oxygen atoms in total. The molecule has 1 N–H and O–H groups in total. The molecule has 1 aromatic rings. The second-order valence-electron chi connectivity index (χ2n) is 4.38.